The molecule has 7 rings (SSSR count). The van der Waals surface area contributed by atoms with Crippen molar-refractivity contribution < 1.29 is 33.9 Å². The predicted molar refractivity (Wildman–Crippen MR) is 138 cm³/mol. The highest BCUT2D eigenvalue weighted by Crippen LogP contribution is 2.53. The van der Waals surface area contributed by atoms with E-state index in [9.17, 15) is 24.9 Å². The van der Waals surface area contributed by atoms with Gasteiger partial charge in [-0.3, -0.25) is 4.79 Å². The van der Waals surface area contributed by atoms with Crippen LogP contribution in [0, 0.1) is 11.8 Å². The fourth-order valence-corrected chi connectivity index (χ4v) is 10.4. The number of carbonyl (C=O) groups is 2. The van der Waals surface area contributed by atoms with Crippen molar-refractivity contribution in [1.29, 1.82) is 0 Å². The highest BCUT2D eigenvalue weighted by atomic mass is 32.2. The second-order valence-electron chi connectivity index (χ2n) is 10.9. The van der Waals surface area contributed by atoms with Gasteiger partial charge in [0, 0.05) is 21.8 Å². The van der Waals surface area contributed by atoms with Gasteiger partial charge in [-0.2, -0.15) is 0 Å². The lowest BCUT2D eigenvalue weighted by molar-refractivity contribution is -1.09. The van der Waals surface area contributed by atoms with Crippen molar-refractivity contribution >= 4 is 55.8 Å². The fraction of sp³-hybridized carbons (Fsp3) is 0.625. The Kier molecular flexibility index (Phi) is 6.03. The molecule has 4 atom stereocenters. The largest absolute Gasteiger partial charge is 0.477 e. The second kappa shape index (κ2) is 8.75. The molecule has 0 aromatic carbocycles. The summed E-state index contributed by atoms with van der Waals surface area (Å²) in [5, 5.41) is 31.7. The van der Waals surface area contributed by atoms with Gasteiger partial charge in [0.15, 0.2) is 4.34 Å². The fourth-order valence-electron chi connectivity index (χ4n) is 6.75. The predicted octanol–water partition coefficient (Wildman–Crippen LogP) is 1.76. The van der Waals surface area contributed by atoms with Crippen LogP contribution in [0.3, 0.4) is 0 Å². The number of thiazole rings is 1. The monoisotopic (exact) mass is 552 g/mol. The van der Waals surface area contributed by atoms with Gasteiger partial charge < -0.3 is 29.2 Å². The summed E-state index contributed by atoms with van der Waals surface area (Å²) in [6.07, 6.45) is -0.807. The summed E-state index contributed by atoms with van der Waals surface area (Å²) in [4.78, 5) is 31.7. The summed E-state index contributed by atoms with van der Waals surface area (Å²) < 4.78 is 4.10. The second-order valence-corrected chi connectivity index (χ2v) is 14.3. The number of aliphatic carboxylic acids is 1. The van der Waals surface area contributed by atoms with Gasteiger partial charge in [-0.15, -0.1) is 11.3 Å². The van der Waals surface area contributed by atoms with Crippen LogP contribution in [0.15, 0.2) is 20.3 Å². The number of hydrogen-bond donors (Lipinski definition) is 3. The Hall–Kier alpha value is -1.54. The zero-order valence-electron chi connectivity index (χ0n) is 20.4. The number of piperazine rings is 3. The van der Waals surface area contributed by atoms with Crippen LogP contribution in [-0.2, 0) is 16.1 Å². The van der Waals surface area contributed by atoms with Gasteiger partial charge in [-0.25, -0.2) is 9.78 Å². The minimum absolute atomic E-state index is 0.0441. The summed E-state index contributed by atoms with van der Waals surface area (Å²) in [6.45, 7) is 12.4. The number of nitrogens with zero attached hydrogens (tertiary/aromatic N) is 4. The molecule has 5 aliphatic rings. The van der Waals surface area contributed by atoms with E-state index in [4.69, 9.17) is 4.98 Å². The zero-order chi connectivity index (χ0) is 25.4. The Morgan fingerprint density at radius 2 is 1.92 bits per heavy atom. The summed E-state index contributed by atoms with van der Waals surface area (Å²) in [7, 11) is 0. The van der Waals surface area contributed by atoms with Gasteiger partial charge in [0.05, 0.1) is 24.7 Å². The van der Waals surface area contributed by atoms with Gasteiger partial charge in [0.2, 0.25) is 5.91 Å². The molecule has 2 bridgehead atoms. The van der Waals surface area contributed by atoms with E-state index in [-0.39, 0.29) is 30.2 Å². The maximum Gasteiger partial charge on any atom is 0.353 e. The number of carboxylic acids is 1. The number of carbonyl (C=O) groups excluding carboxylic acids is 1. The molecule has 2 aromatic rings. The Morgan fingerprint density at radius 3 is 2.53 bits per heavy atom. The number of rotatable bonds is 8. The normalized spacial score (nSPS) is 34.4. The third-order valence-corrected chi connectivity index (χ3v) is 12.5. The third-order valence-electron chi connectivity index (χ3n) is 8.92. The molecule has 7 heterocycles. The van der Waals surface area contributed by atoms with E-state index in [1.807, 2.05) is 6.92 Å². The first-order chi connectivity index (χ1) is 17.2. The summed E-state index contributed by atoms with van der Waals surface area (Å²) in [5.41, 5.74) is 2.33. The number of fused-ring (bicyclic) bond motifs is 5. The van der Waals surface area contributed by atoms with Crippen molar-refractivity contribution in [3.05, 3.63) is 21.5 Å². The molecule has 0 radical (unpaired) electrons. The summed E-state index contributed by atoms with van der Waals surface area (Å²) in [6, 6.07) is -0.312. The number of thioether (sulfide) groups is 1. The van der Waals surface area contributed by atoms with E-state index in [1.165, 1.54) is 22.2 Å². The van der Waals surface area contributed by atoms with Crippen molar-refractivity contribution in [2.75, 3.05) is 52.4 Å². The molecule has 5 aliphatic heterocycles. The topological polar surface area (TPSA) is 111 Å². The molecule has 9 nitrogen and oxygen atoms in total. The van der Waals surface area contributed by atoms with E-state index in [0.29, 0.717) is 4.91 Å². The van der Waals surface area contributed by atoms with Crippen molar-refractivity contribution in [3.8, 4) is 0 Å². The first-order valence-electron chi connectivity index (χ1n) is 12.5. The Morgan fingerprint density at radius 1 is 1.25 bits per heavy atom. The molecule has 0 saturated carbocycles. The van der Waals surface area contributed by atoms with Crippen LogP contribution in [0.5, 0.6) is 0 Å². The van der Waals surface area contributed by atoms with Gasteiger partial charge in [-0.1, -0.05) is 30.0 Å². The lowest BCUT2D eigenvalue weighted by Gasteiger charge is -2.55. The van der Waals surface area contributed by atoms with Crippen LogP contribution in [-0.4, -0.2) is 111 Å². The van der Waals surface area contributed by atoms with Gasteiger partial charge >= 0.3 is 5.97 Å². The molecule has 4 unspecified atom stereocenters. The number of quaternary nitrogens is 2. The van der Waals surface area contributed by atoms with Crippen molar-refractivity contribution in [2.45, 2.75) is 36.9 Å². The van der Waals surface area contributed by atoms with Crippen molar-refractivity contribution in [1.82, 2.24) is 9.88 Å². The SMILES string of the molecule is CC(O)C1C(=O)N2C(C(=O)O)=C(Sc3nc4c(C[N+]56CC[N+](CCO)(CC5)CC6)csc4s3)C(C)C12. The van der Waals surface area contributed by atoms with Crippen molar-refractivity contribution in [2.24, 2.45) is 11.8 Å². The van der Waals surface area contributed by atoms with Crippen LogP contribution >= 0.6 is 34.4 Å². The number of amides is 1. The average molecular weight is 553 g/mol. The first kappa shape index (κ1) is 24.8. The minimum atomic E-state index is -1.11. The Balaban J connectivity index is 1.24. The molecule has 12 heteroatoms. The zero-order valence-corrected chi connectivity index (χ0v) is 22.9. The molecule has 0 spiro atoms. The molecule has 194 valence electrons. The lowest BCUT2D eigenvalue weighted by atomic mass is 9.79. The van der Waals surface area contributed by atoms with E-state index < -0.39 is 18.0 Å². The molecule has 4 saturated heterocycles. The maximum atomic E-state index is 12.6. The smallest absolute Gasteiger partial charge is 0.353 e. The van der Waals surface area contributed by atoms with Gasteiger partial charge in [-0.05, 0) is 6.92 Å². The number of β-lactam (4-membered cyclic amide) rings is 1. The van der Waals surface area contributed by atoms with Crippen molar-refractivity contribution in [3.63, 3.8) is 0 Å². The van der Waals surface area contributed by atoms with Gasteiger partial charge in [0.1, 0.15) is 67.6 Å². The van der Waals surface area contributed by atoms with Crippen LogP contribution in [0.2, 0.25) is 0 Å². The van der Waals surface area contributed by atoms with E-state index >= 15 is 0 Å². The molecule has 3 N–H and O–H groups in total. The highest BCUT2D eigenvalue weighted by molar-refractivity contribution is 8.04. The highest BCUT2D eigenvalue weighted by Gasteiger charge is 2.60. The van der Waals surface area contributed by atoms with Crippen LogP contribution in [0.25, 0.3) is 9.53 Å². The third kappa shape index (κ3) is 3.68. The number of carboxylic acid groups (broad SMARTS) is 1. The van der Waals surface area contributed by atoms with E-state index in [2.05, 4.69) is 5.38 Å². The number of aromatic nitrogens is 1. The standard InChI is InChI=1S/C24H31N4O5S3/c1-13-18-16(14(2)30)21(31)26(18)19(22(32)33)20(13)35-24-25-17-15(12-34-23(17)36-24)11-28-6-3-27(4-7-28,5-8-28)9-10-29/h12-14,16,18,29-30H,3-11H2,1-2H3/q+1/p+1. The molecule has 1 amide bonds. The first-order valence-corrected chi connectivity index (χ1v) is 15.0. The number of aliphatic hydroxyl groups excluding tert-OH is 2. The number of thiophene rings is 1. The molecule has 0 aliphatic carbocycles. The Labute approximate surface area is 221 Å². The molecule has 4 fully saturated rings. The maximum absolute atomic E-state index is 12.6. The van der Waals surface area contributed by atoms with Gasteiger partial charge in [0.25, 0.3) is 0 Å². The number of hydrogen-bond acceptors (Lipinski definition) is 8. The lowest BCUT2D eigenvalue weighted by Crippen LogP contribution is -2.74. The minimum Gasteiger partial charge on any atom is -0.477 e. The molecular weight excluding hydrogens is 520 g/mol. The van der Waals surface area contributed by atoms with Crippen LogP contribution in [0.4, 0.5) is 0 Å². The Bertz CT molecular complexity index is 1250. The summed E-state index contributed by atoms with van der Waals surface area (Å²) >= 11 is 4.66. The molecule has 2 aromatic heterocycles. The summed E-state index contributed by atoms with van der Waals surface area (Å²) in [5.74, 6) is -2.14. The van der Waals surface area contributed by atoms with E-state index in [1.54, 1.807) is 29.6 Å². The molecule has 36 heavy (non-hydrogen) atoms. The number of aliphatic hydroxyl groups is 2. The van der Waals surface area contributed by atoms with Crippen LogP contribution < -0.4 is 0 Å². The quantitative estimate of drug-likeness (QED) is 0.338. The van der Waals surface area contributed by atoms with Crippen LogP contribution in [0.1, 0.15) is 19.4 Å². The van der Waals surface area contributed by atoms with E-state index in [0.717, 1.165) is 75.2 Å². The average Bonchev–Trinajstić information content (AvgIpc) is 3.47. The molecular formula is C24H32N4O5S3+2.